The van der Waals surface area contributed by atoms with E-state index in [0.29, 0.717) is 11.3 Å². The number of benzene rings is 1. The molecular weight excluding hydrogens is 263 g/mol. The van der Waals surface area contributed by atoms with Gasteiger partial charge in [0.2, 0.25) is 0 Å². The van der Waals surface area contributed by atoms with Gasteiger partial charge in [0.15, 0.2) is 0 Å². The summed E-state index contributed by atoms with van der Waals surface area (Å²) in [7, 11) is 2.53. The molecule has 0 aliphatic heterocycles. The van der Waals surface area contributed by atoms with Crippen molar-refractivity contribution in [1.29, 1.82) is 0 Å². The minimum atomic E-state index is -4.65. The molecule has 106 valence electrons. The lowest BCUT2D eigenvalue weighted by molar-refractivity contribution is -0.175. The van der Waals surface area contributed by atoms with Crippen LogP contribution in [0.25, 0.3) is 0 Å². The zero-order valence-electron chi connectivity index (χ0n) is 10.5. The van der Waals surface area contributed by atoms with Crippen molar-refractivity contribution in [3.8, 4) is 5.75 Å². The Bertz CT molecular complexity index is 417. The third-order valence-electron chi connectivity index (χ3n) is 2.42. The number of methoxy groups -OCH3 is 2. The van der Waals surface area contributed by atoms with Gasteiger partial charge in [-0.25, -0.2) is 5.32 Å². The van der Waals surface area contributed by atoms with Gasteiger partial charge in [-0.2, -0.15) is 13.2 Å². The Hall–Kier alpha value is -1.76. The largest absolute Gasteiger partial charge is 0.497 e. The second-order valence-corrected chi connectivity index (χ2v) is 3.77. The highest BCUT2D eigenvalue weighted by molar-refractivity contribution is 5.76. The first kappa shape index (κ1) is 15.3. The van der Waals surface area contributed by atoms with E-state index in [1.807, 2.05) is 0 Å². The predicted molar refractivity (Wildman–Crippen MR) is 61.7 cm³/mol. The Balaban J connectivity index is 2.78. The van der Waals surface area contributed by atoms with Gasteiger partial charge in [0.1, 0.15) is 11.8 Å². The molecule has 1 aromatic rings. The average molecular weight is 277 g/mol. The van der Waals surface area contributed by atoms with Gasteiger partial charge in [-0.1, -0.05) is 12.1 Å². The Kier molecular flexibility index (Phi) is 5.17. The van der Waals surface area contributed by atoms with Crippen LogP contribution in [0.2, 0.25) is 0 Å². The predicted octanol–water partition coefficient (Wildman–Crippen LogP) is 1.89. The number of esters is 1. The number of hydrogen-bond donors (Lipinski definition) is 1. The fraction of sp³-hybridized carbons (Fsp3) is 0.417. The quantitative estimate of drug-likeness (QED) is 0.659. The molecule has 1 aromatic carbocycles. The van der Waals surface area contributed by atoms with Gasteiger partial charge in [0, 0.05) is 0 Å². The Morgan fingerprint density at radius 2 is 1.84 bits per heavy atom. The number of nitrogens with one attached hydrogen (secondary N) is 1. The van der Waals surface area contributed by atoms with Crippen LogP contribution >= 0.6 is 0 Å². The minimum absolute atomic E-state index is 0.129. The molecule has 0 aliphatic rings. The van der Waals surface area contributed by atoms with E-state index >= 15 is 0 Å². The first-order valence-electron chi connectivity index (χ1n) is 5.41. The lowest BCUT2D eigenvalue weighted by Crippen LogP contribution is -2.47. The number of hydrogen-bond acceptors (Lipinski definition) is 4. The number of carbonyl (C=O) groups is 1. The van der Waals surface area contributed by atoms with Gasteiger partial charge in [0.25, 0.3) is 0 Å². The molecule has 0 aliphatic carbocycles. The van der Waals surface area contributed by atoms with E-state index in [4.69, 9.17) is 4.74 Å². The van der Waals surface area contributed by atoms with Crippen LogP contribution < -0.4 is 10.1 Å². The zero-order valence-corrected chi connectivity index (χ0v) is 10.5. The molecule has 0 heterocycles. The maximum absolute atomic E-state index is 12.3. The molecule has 0 bridgehead atoms. The molecule has 0 saturated carbocycles. The lowest BCUT2D eigenvalue weighted by Gasteiger charge is -2.18. The molecule has 0 aromatic heterocycles. The van der Waals surface area contributed by atoms with E-state index < -0.39 is 18.3 Å². The average Bonchev–Trinajstić information content (AvgIpc) is 2.36. The molecule has 1 rings (SSSR count). The molecule has 0 unspecified atom stereocenters. The van der Waals surface area contributed by atoms with Gasteiger partial charge in [-0.15, -0.1) is 0 Å². The molecule has 7 heteroatoms. The summed E-state index contributed by atoms with van der Waals surface area (Å²) >= 11 is 0. The van der Waals surface area contributed by atoms with Crippen molar-refractivity contribution >= 4 is 5.97 Å². The molecular formula is C12H14F3NO3. The van der Waals surface area contributed by atoms with Crippen LogP contribution in [0.1, 0.15) is 5.56 Å². The van der Waals surface area contributed by atoms with Crippen molar-refractivity contribution in [2.45, 2.75) is 18.8 Å². The highest BCUT2D eigenvalue weighted by atomic mass is 19.4. The van der Waals surface area contributed by atoms with Crippen LogP contribution in [0.5, 0.6) is 5.75 Å². The van der Waals surface area contributed by atoms with Crippen LogP contribution in [0, 0.1) is 0 Å². The Morgan fingerprint density at radius 1 is 1.26 bits per heavy atom. The summed E-state index contributed by atoms with van der Waals surface area (Å²) < 4.78 is 46.1. The number of alkyl halides is 3. The SMILES string of the molecule is COC(=O)[C@H](Cc1ccc(OC)cc1)NC(F)(F)F. The first-order valence-corrected chi connectivity index (χ1v) is 5.41. The maximum Gasteiger partial charge on any atom is 0.457 e. The van der Waals surface area contributed by atoms with Crippen molar-refractivity contribution in [3.63, 3.8) is 0 Å². The topological polar surface area (TPSA) is 47.6 Å². The van der Waals surface area contributed by atoms with Crippen LogP contribution in [0.3, 0.4) is 0 Å². The summed E-state index contributed by atoms with van der Waals surface area (Å²) in [4.78, 5) is 11.3. The molecule has 4 nitrogen and oxygen atoms in total. The van der Waals surface area contributed by atoms with E-state index in [0.717, 1.165) is 7.11 Å². The molecule has 1 atom stereocenters. The number of rotatable bonds is 5. The van der Waals surface area contributed by atoms with Crippen molar-refractivity contribution < 1.29 is 27.4 Å². The Labute approximate surface area is 108 Å². The van der Waals surface area contributed by atoms with Gasteiger partial charge in [-0.3, -0.25) is 4.79 Å². The van der Waals surface area contributed by atoms with Crippen LogP contribution in [0.15, 0.2) is 24.3 Å². The monoisotopic (exact) mass is 277 g/mol. The number of ether oxygens (including phenoxy) is 2. The van der Waals surface area contributed by atoms with Gasteiger partial charge >= 0.3 is 12.3 Å². The van der Waals surface area contributed by atoms with Crippen molar-refractivity contribution in [2.75, 3.05) is 14.2 Å². The van der Waals surface area contributed by atoms with Crippen LogP contribution in [0.4, 0.5) is 13.2 Å². The molecule has 0 radical (unpaired) electrons. The molecule has 0 spiro atoms. The van der Waals surface area contributed by atoms with E-state index in [1.54, 1.807) is 24.3 Å². The van der Waals surface area contributed by atoms with E-state index in [9.17, 15) is 18.0 Å². The molecule has 1 N–H and O–H groups in total. The standard InChI is InChI=1S/C12H14F3NO3/c1-18-9-5-3-8(4-6-9)7-10(11(17)19-2)16-12(13,14)15/h3-6,10,16H,7H2,1-2H3/t10-/m0/s1. The summed E-state index contributed by atoms with van der Waals surface area (Å²) in [5.41, 5.74) is 0.563. The molecule has 0 amide bonds. The summed E-state index contributed by atoms with van der Waals surface area (Å²) in [6.45, 7) is 0. The molecule has 0 saturated heterocycles. The fourth-order valence-corrected chi connectivity index (χ4v) is 1.53. The van der Waals surface area contributed by atoms with E-state index in [2.05, 4.69) is 4.74 Å². The van der Waals surface area contributed by atoms with Gasteiger partial charge < -0.3 is 9.47 Å². The smallest absolute Gasteiger partial charge is 0.457 e. The van der Waals surface area contributed by atoms with Gasteiger partial charge in [0.05, 0.1) is 14.2 Å². The third-order valence-corrected chi connectivity index (χ3v) is 2.42. The van der Waals surface area contributed by atoms with Gasteiger partial charge in [-0.05, 0) is 24.1 Å². The summed E-state index contributed by atoms with van der Waals surface area (Å²) in [6.07, 6.45) is -4.78. The normalized spacial score (nSPS) is 12.9. The van der Waals surface area contributed by atoms with Crippen LogP contribution in [-0.2, 0) is 16.0 Å². The highest BCUT2D eigenvalue weighted by Crippen LogP contribution is 2.16. The van der Waals surface area contributed by atoms with Crippen LogP contribution in [-0.4, -0.2) is 32.5 Å². The van der Waals surface area contributed by atoms with E-state index in [1.165, 1.54) is 12.4 Å². The minimum Gasteiger partial charge on any atom is -0.497 e. The molecule has 19 heavy (non-hydrogen) atoms. The first-order chi connectivity index (χ1) is 8.85. The third kappa shape index (κ3) is 5.17. The maximum atomic E-state index is 12.3. The summed E-state index contributed by atoms with van der Waals surface area (Å²) in [5, 5.41) is 1.28. The lowest BCUT2D eigenvalue weighted by atomic mass is 10.1. The summed E-state index contributed by atoms with van der Waals surface area (Å²) in [5.74, 6) is -0.379. The number of halogens is 3. The zero-order chi connectivity index (χ0) is 14.5. The molecule has 0 fully saturated rings. The van der Waals surface area contributed by atoms with E-state index in [-0.39, 0.29) is 6.42 Å². The van der Waals surface area contributed by atoms with Crippen molar-refractivity contribution in [3.05, 3.63) is 29.8 Å². The Morgan fingerprint density at radius 3 is 2.26 bits per heavy atom. The second kappa shape index (κ2) is 6.42. The summed E-state index contributed by atoms with van der Waals surface area (Å²) in [6, 6.07) is 4.92. The van der Waals surface area contributed by atoms with Crippen molar-refractivity contribution in [2.24, 2.45) is 0 Å². The van der Waals surface area contributed by atoms with Crippen molar-refractivity contribution in [1.82, 2.24) is 5.32 Å². The number of carbonyl (C=O) groups excluding carboxylic acids is 1. The fourth-order valence-electron chi connectivity index (χ4n) is 1.53. The highest BCUT2D eigenvalue weighted by Gasteiger charge is 2.34. The second-order valence-electron chi connectivity index (χ2n) is 3.77.